The molecule has 0 saturated carbocycles. The summed E-state index contributed by atoms with van der Waals surface area (Å²) in [6.45, 7) is 4.93. The van der Waals surface area contributed by atoms with E-state index in [-0.39, 0.29) is 30.9 Å². The van der Waals surface area contributed by atoms with E-state index in [1.807, 2.05) is 30.3 Å². The zero-order valence-electron chi connectivity index (χ0n) is 14.3. The summed E-state index contributed by atoms with van der Waals surface area (Å²) in [4.78, 5) is 4.58. The molecule has 1 aliphatic rings. The van der Waals surface area contributed by atoms with Gasteiger partial charge in [0, 0.05) is 38.7 Å². The summed E-state index contributed by atoms with van der Waals surface area (Å²) in [6.07, 6.45) is 6.70. The molecule has 9 heteroatoms. The molecule has 1 aliphatic heterocycles. The van der Waals surface area contributed by atoms with Gasteiger partial charge in [0.15, 0.2) is 5.82 Å². The van der Waals surface area contributed by atoms with E-state index in [0.29, 0.717) is 0 Å². The fourth-order valence-electron chi connectivity index (χ4n) is 3.32. The van der Waals surface area contributed by atoms with Crippen molar-refractivity contribution in [2.24, 2.45) is 7.05 Å². The smallest absolute Gasteiger partial charge is 0.161 e. The van der Waals surface area contributed by atoms with E-state index in [4.69, 9.17) is 5.10 Å². The average Bonchev–Trinajstić information content (AvgIpc) is 3.27. The lowest BCUT2D eigenvalue weighted by Gasteiger charge is -2.19. The molecule has 1 atom stereocenters. The molecule has 3 aromatic heterocycles. The van der Waals surface area contributed by atoms with Crippen LogP contribution < -0.4 is 5.32 Å². The molecule has 0 amide bonds. The molecular formula is C16H23Cl2N7. The molecule has 0 radical (unpaired) electrons. The molecule has 3 aromatic rings. The van der Waals surface area contributed by atoms with Crippen LogP contribution in [0.2, 0.25) is 0 Å². The Morgan fingerprint density at radius 2 is 2.12 bits per heavy atom. The van der Waals surface area contributed by atoms with E-state index in [1.54, 1.807) is 0 Å². The lowest BCUT2D eigenvalue weighted by atomic mass is 10.1. The summed E-state index contributed by atoms with van der Waals surface area (Å²) in [7, 11) is 1.98. The van der Waals surface area contributed by atoms with E-state index in [0.717, 1.165) is 37.6 Å². The van der Waals surface area contributed by atoms with E-state index in [1.165, 1.54) is 11.4 Å². The lowest BCUT2D eigenvalue weighted by Crippen LogP contribution is -2.28. The molecule has 1 unspecified atom stereocenters. The summed E-state index contributed by atoms with van der Waals surface area (Å²) >= 11 is 0. The number of hydrogen-bond donors (Lipinski definition) is 1. The number of halogens is 2. The Morgan fingerprint density at radius 3 is 2.80 bits per heavy atom. The molecule has 7 nitrogen and oxygen atoms in total. The first kappa shape index (κ1) is 19.5. The van der Waals surface area contributed by atoms with Crippen LogP contribution in [0.1, 0.15) is 30.8 Å². The van der Waals surface area contributed by atoms with Crippen molar-refractivity contribution in [3.05, 3.63) is 42.1 Å². The number of aromatic nitrogens is 6. The van der Waals surface area contributed by atoms with Crippen molar-refractivity contribution in [2.75, 3.05) is 6.54 Å². The number of aryl methyl sites for hydroxylation is 1. The van der Waals surface area contributed by atoms with Gasteiger partial charge in [0.05, 0.1) is 24.0 Å². The third-order valence-corrected chi connectivity index (χ3v) is 4.49. The predicted molar refractivity (Wildman–Crippen MR) is 101 cm³/mol. The second-order valence-corrected chi connectivity index (χ2v) is 5.88. The SMILES string of the molecule is CCC(c1ccnn1C)n1ccnc1-c1cc2n(n1)CCNC2.Cl.Cl. The minimum Gasteiger partial charge on any atom is -0.321 e. The molecule has 0 fully saturated rings. The number of nitrogens with zero attached hydrogens (tertiary/aromatic N) is 6. The van der Waals surface area contributed by atoms with Gasteiger partial charge in [-0.1, -0.05) is 6.92 Å². The van der Waals surface area contributed by atoms with E-state index < -0.39 is 0 Å². The van der Waals surface area contributed by atoms with Crippen molar-refractivity contribution in [1.29, 1.82) is 0 Å². The normalized spacial score (nSPS) is 14.3. The topological polar surface area (TPSA) is 65.5 Å². The van der Waals surface area contributed by atoms with Crippen LogP contribution in [0.15, 0.2) is 30.7 Å². The molecule has 0 bridgehead atoms. The quantitative estimate of drug-likeness (QED) is 0.751. The van der Waals surface area contributed by atoms with Crippen LogP contribution in [0.5, 0.6) is 0 Å². The second-order valence-electron chi connectivity index (χ2n) is 5.88. The van der Waals surface area contributed by atoms with E-state index >= 15 is 0 Å². The molecule has 0 aliphatic carbocycles. The molecule has 4 heterocycles. The van der Waals surface area contributed by atoms with Crippen LogP contribution in [0, 0.1) is 0 Å². The summed E-state index contributed by atoms with van der Waals surface area (Å²) in [5.74, 6) is 0.917. The Labute approximate surface area is 159 Å². The molecule has 136 valence electrons. The van der Waals surface area contributed by atoms with Gasteiger partial charge in [-0.15, -0.1) is 24.8 Å². The van der Waals surface area contributed by atoms with Gasteiger partial charge in [-0.05, 0) is 18.6 Å². The van der Waals surface area contributed by atoms with Crippen LogP contribution in [0.25, 0.3) is 11.5 Å². The van der Waals surface area contributed by atoms with Crippen molar-refractivity contribution in [3.8, 4) is 11.5 Å². The fraction of sp³-hybridized carbons (Fsp3) is 0.438. The maximum absolute atomic E-state index is 4.75. The van der Waals surface area contributed by atoms with E-state index in [2.05, 4.69) is 43.7 Å². The monoisotopic (exact) mass is 383 g/mol. The number of rotatable bonds is 4. The Bertz CT molecular complexity index is 797. The maximum atomic E-state index is 4.75. The first-order chi connectivity index (χ1) is 11.3. The lowest BCUT2D eigenvalue weighted by molar-refractivity contribution is 0.475. The van der Waals surface area contributed by atoms with Gasteiger partial charge in [0.2, 0.25) is 0 Å². The van der Waals surface area contributed by atoms with Gasteiger partial charge in [-0.2, -0.15) is 10.2 Å². The van der Waals surface area contributed by atoms with Gasteiger partial charge in [0.25, 0.3) is 0 Å². The third kappa shape index (κ3) is 3.44. The average molecular weight is 384 g/mol. The Hall–Kier alpha value is -1.83. The summed E-state index contributed by atoms with van der Waals surface area (Å²) in [6, 6.07) is 4.41. The highest BCUT2D eigenvalue weighted by Crippen LogP contribution is 2.27. The van der Waals surface area contributed by atoms with Gasteiger partial charge in [-0.3, -0.25) is 9.36 Å². The first-order valence-corrected chi connectivity index (χ1v) is 8.06. The van der Waals surface area contributed by atoms with Crippen molar-refractivity contribution < 1.29 is 0 Å². The number of imidazole rings is 1. The number of hydrogen-bond acceptors (Lipinski definition) is 4. The van der Waals surface area contributed by atoms with Crippen molar-refractivity contribution in [1.82, 2.24) is 34.4 Å². The van der Waals surface area contributed by atoms with Crippen molar-refractivity contribution >= 4 is 24.8 Å². The molecule has 25 heavy (non-hydrogen) atoms. The zero-order chi connectivity index (χ0) is 15.8. The highest BCUT2D eigenvalue weighted by atomic mass is 35.5. The largest absolute Gasteiger partial charge is 0.321 e. The molecule has 4 rings (SSSR count). The van der Waals surface area contributed by atoms with Crippen LogP contribution in [0.4, 0.5) is 0 Å². The standard InChI is InChI=1S/C16H21N7.2ClH/c1-3-14(15-4-5-19-21(15)2)22-8-7-18-16(22)13-10-12-11-17-6-9-23(12)20-13;;/h4-5,7-8,10,14,17H,3,6,9,11H2,1-2H3;2*1H. The van der Waals surface area contributed by atoms with Gasteiger partial charge in [-0.25, -0.2) is 4.98 Å². The Balaban J connectivity index is 0.00000113. The molecule has 0 saturated heterocycles. The highest BCUT2D eigenvalue weighted by molar-refractivity contribution is 5.85. The predicted octanol–water partition coefficient (Wildman–Crippen LogP) is 2.43. The maximum Gasteiger partial charge on any atom is 0.161 e. The molecule has 0 aromatic carbocycles. The first-order valence-electron chi connectivity index (χ1n) is 8.06. The van der Waals surface area contributed by atoms with Crippen LogP contribution in [0.3, 0.4) is 0 Å². The number of nitrogens with one attached hydrogen (secondary N) is 1. The van der Waals surface area contributed by atoms with Crippen LogP contribution >= 0.6 is 24.8 Å². The fourth-order valence-corrected chi connectivity index (χ4v) is 3.32. The van der Waals surface area contributed by atoms with Crippen LogP contribution in [-0.4, -0.2) is 35.7 Å². The van der Waals surface area contributed by atoms with Crippen molar-refractivity contribution in [3.63, 3.8) is 0 Å². The minimum atomic E-state index is 0. The minimum absolute atomic E-state index is 0. The summed E-state index contributed by atoms with van der Waals surface area (Å²) in [5, 5.41) is 12.4. The van der Waals surface area contributed by atoms with Gasteiger partial charge in [0.1, 0.15) is 5.69 Å². The number of fused-ring (bicyclic) bond motifs is 1. The van der Waals surface area contributed by atoms with Gasteiger partial charge >= 0.3 is 0 Å². The zero-order valence-corrected chi connectivity index (χ0v) is 15.9. The van der Waals surface area contributed by atoms with Crippen molar-refractivity contribution in [2.45, 2.75) is 32.5 Å². The van der Waals surface area contributed by atoms with Crippen LogP contribution in [-0.2, 0) is 20.1 Å². The second kappa shape index (κ2) is 8.03. The Kier molecular flexibility index (Phi) is 6.26. The van der Waals surface area contributed by atoms with Gasteiger partial charge < -0.3 is 9.88 Å². The Morgan fingerprint density at radius 1 is 1.28 bits per heavy atom. The van der Waals surface area contributed by atoms with E-state index in [9.17, 15) is 0 Å². The summed E-state index contributed by atoms with van der Waals surface area (Å²) in [5.41, 5.74) is 3.33. The summed E-state index contributed by atoms with van der Waals surface area (Å²) < 4.78 is 6.22. The molecule has 0 spiro atoms. The molecule has 1 N–H and O–H groups in total. The molecular weight excluding hydrogens is 361 g/mol. The highest BCUT2D eigenvalue weighted by Gasteiger charge is 2.21. The third-order valence-electron chi connectivity index (χ3n) is 4.49.